The van der Waals surface area contributed by atoms with E-state index in [0.29, 0.717) is 5.92 Å². The molecule has 0 aliphatic heterocycles. The van der Waals surface area contributed by atoms with Gasteiger partial charge in [-0.15, -0.1) is 0 Å². The lowest BCUT2D eigenvalue weighted by Gasteiger charge is -2.15. The van der Waals surface area contributed by atoms with E-state index in [1.807, 2.05) is 43.6 Å². The van der Waals surface area contributed by atoms with Crippen molar-refractivity contribution < 1.29 is 4.79 Å². The van der Waals surface area contributed by atoms with Gasteiger partial charge in [-0.3, -0.25) is 9.48 Å². The third-order valence-corrected chi connectivity index (χ3v) is 5.21. The molecule has 140 valence electrons. The molecule has 0 radical (unpaired) electrons. The summed E-state index contributed by atoms with van der Waals surface area (Å²) in [6.07, 6.45) is 7.95. The van der Waals surface area contributed by atoms with Crippen LogP contribution in [0.15, 0.2) is 55.0 Å². The second kappa shape index (κ2) is 6.30. The molecule has 1 aliphatic carbocycles. The highest BCUT2D eigenvalue weighted by atomic mass is 16.1. The molecule has 5 rings (SSSR count). The minimum Gasteiger partial charge on any atom is -0.368 e. The Morgan fingerprint density at radius 3 is 2.68 bits per heavy atom. The van der Waals surface area contributed by atoms with E-state index in [-0.39, 0.29) is 0 Å². The van der Waals surface area contributed by atoms with Gasteiger partial charge < -0.3 is 5.73 Å². The molecule has 4 aromatic rings. The quantitative estimate of drug-likeness (QED) is 0.583. The molecule has 7 nitrogen and oxygen atoms in total. The number of fused-ring (bicyclic) bond motifs is 1. The molecule has 1 fully saturated rings. The van der Waals surface area contributed by atoms with Gasteiger partial charge in [0.25, 0.3) is 0 Å². The first kappa shape index (κ1) is 16.7. The number of hydrogen-bond acceptors (Lipinski definition) is 4. The lowest BCUT2D eigenvalue weighted by molar-refractivity contribution is -0.120. The Balaban J connectivity index is 1.48. The number of nitrogens with zero attached hydrogens (tertiary/aromatic N) is 5. The number of nitrogens with two attached hydrogens (primary N) is 1. The number of aryl methyl sites for hydroxylation is 1. The maximum atomic E-state index is 12.2. The molecule has 3 heterocycles. The smallest absolute Gasteiger partial charge is 0.246 e. The van der Waals surface area contributed by atoms with Crippen molar-refractivity contribution in [3.63, 3.8) is 0 Å². The molecule has 1 aromatic carbocycles. The fourth-order valence-corrected chi connectivity index (χ4v) is 3.62. The summed E-state index contributed by atoms with van der Waals surface area (Å²) in [5.41, 5.74) is 10.5. The van der Waals surface area contributed by atoms with Gasteiger partial charge in [-0.2, -0.15) is 10.2 Å². The number of carbonyl (C=O) groups excluding carboxylic acids is 1. The second-order valence-electron chi connectivity index (χ2n) is 7.33. The molecule has 0 saturated heterocycles. The summed E-state index contributed by atoms with van der Waals surface area (Å²) in [4.78, 5) is 16.6. The first-order valence-corrected chi connectivity index (χ1v) is 9.35. The van der Waals surface area contributed by atoms with E-state index in [9.17, 15) is 4.79 Å². The molecule has 2 N–H and O–H groups in total. The van der Waals surface area contributed by atoms with Crippen molar-refractivity contribution in [2.45, 2.75) is 31.7 Å². The van der Waals surface area contributed by atoms with Crippen LogP contribution < -0.4 is 5.73 Å². The SMILES string of the molecule is Cc1nc2cc(-c3cnn(C(C(N)=O)c4ccc(C5CC5)cc4)c3)ccn2n1. The molecule has 0 spiro atoms. The fraction of sp³-hybridized carbons (Fsp3) is 0.238. The van der Waals surface area contributed by atoms with E-state index >= 15 is 0 Å². The molecule has 1 atom stereocenters. The van der Waals surface area contributed by atoms with Gasteiger partial charge >= 0.3 is 0 Å². The number of primary amides is 1. The zero-order chi connectivity index (χ0) is 19.3. The van der Waals surface area contributed by atoms with E-state index in [4.69, 9.17) is 5.73 Å². The average Bonchev–Trinajstić information content (AvgIpc) is 3.30. The van der Waals surface area contributed by atoms with E-state index in [1.54, 1.807) is 15.4 Å². The van der Waals surface area contributed by atoms with Crippen LogP contribution in [0.5, 0.6) is 0 Å². The third kappa shape index (κ3) is 2.94. The summed E-state index contributed by atoms with van der Waals surface area (Å²) < 4.78 is 3.36. The monoisotopic (exact) mass is 372 g/mol. The Hall–Kier alpha value is -3.48. The average molecular weight is 372 g/mol. The van der Waals surface area contributed by atoms with Gasteiger partial charge in [0.15, 0.2) is 11.7 Å². The molecule has 1 unspecified atom stereocenters. The number of aromatic nitrogens is 5. The highest BCUT2D eigenvalue weighted by Gasteiger charge is 2.25. The van der Waals surface area contributed by atoms with Crippen molar-refractivity contribution in [1.82, 2.24) is 24.4 Å². The van der Waals surface area contributed by atoms with Crippen LogP contribution in [0.3, 0.4) is 0 Å². The minimum absolute atomic E-state index is 0.433. The van der Waals surface area contributed by atoms with Crippen LogP contribution >= 0.6 is 0 Å². The Labute approximate surface area is 161 Å². The molecule has 1 amide bonds. The van der Waals surface area contributed by atoms with Crippen molar-refractivity contribution in [2.24, 2.45) is 5.73 Å². The van der Waals surface area contributed by atoms with Crippen molar-refractivity contribution in [2.75, 3.05) is 0 Å². The van der Waals surface area contributed by atoms with Gasteiger partial charge in [-0.05, 0) is 54.5 Å². The Morgan fingerprint density at radius 1 is 1.18 bits per heavy atom. The van der Waals surface area contributed by atoms with E-state index in [2.05, 4.69) is 27.3 Å². The minimum atomic E-state index is -0.638. The van der Waals surface area contributed by atoms with E-state index in [1.165, 1.54) is 18.4 Å². The first-order chi connectivity index (χ1) is 13.6. The molecule has 1 aliphatic rings. The molecular weight excluding hydrogens is 352 g/mol. The summed E-state index contributed by atoms with van der Waals surface area (Å²) in [6, 6.07) is 11.4. The maximum absolute atomic E-state index is 12.2. The summed E-state index contributed by atoms with van der Waals surface area (Å²) in [5, 5.41) is 8.71. The molecular formula is C21H20N6O. The van der Waals surface area contributed by atoms with Crippen LogP contribution in [-0.4, -0.2) is 30.3 Å². The normalized spacial score (nSPS) is 15.0. The Morgan fingerprint density at radius 2 is 1.96 bits per heavy atom. The van der Waals surface area contributed by atoms with Gasteiger partial charge in [0.1, 0.15) is 5.82 Å². The highest BCUT2D eigenvalue weighted by molar-refractivity contribution is 5.82. The van der Waals surface area contributed by atoms with Gasteiger partial charge in [0, 0.05) is 18.0 Å². The zero-order valence-corrected chi connectivity index (χ0v) is 15.5. The number of hydrogen-bond donors (Lipinski definition) is 1. The van der Waals surface area contributed by atoms with Gasteiger partial charge in [0.2, 0.25) is 5.91 Å². The summed E-state index contributed by atoms with van der Waals surface area (Å²) in [5.74, 6) is 0.960. The number of carbonyl (C=O) groups is 1. The second-order valence-corrected chi connectivity index (χ2v) is 7.33. The van der Waals surface area contributed by atoms with Crippen LogP contribution in [0.4, 0.5) is 0 Å². The molecule has 3 aromatic heterocycles. The van der Waals surface area contributed by atoms with E-state index < -0.39 is 11.9 Å². The van der Waals surface area contributed by atoms with Crippen molar-refractivity contribution >= 4 is 11.6 Å². The van der Waals surface area contributed by atoms with Gasteiger partial charge in [-0.1, -0.05) is 24.3 Å². The van der Waals surface area contributed by atoms with Crippen LogP contribution in [0, 0.1) is 6.92 Å². The predicted octanol–water partition coefficient (Wildman–Crippen LogP) is 2.85. The number of pyridine rings is 1. The zero-order valence-electron chi connectivity index (χ0n) is 15.5. The Kier molecular flexibility index (Phi) is 3.75. The van der Waals surface area contributed by atoms with Gasteiger partial charge in [-0.25, -0.2) is 9.50 Å². The largest absolute Gasteiger partial charge is 0.368 e. The maximum Gasteiger partial charge on any atom is 0.246 e. The molecule has 7 heteroatoms. The number of amides is 1. The lowest BCUT2D eigenvalue weighted by atomic mass is 10.0. The summed E-state index contributed by atoms with van der Waals surface area (Å²) >= 11 is 0. The molecule has 28 heavy (non-hydrogen) atoms. The number of rotatable bonds is 5. The van der Waals surface area contributed by atoms with Crippen molar-refractivity contribution in [3.05, 3.63) is 71.9 Å². The fourth-order valence-electron chi connectivity index (χ4n) is 3.62. The van der Waals surface area contributed by atoms with Crippen molar-refractivity contribution in [3.8, 4) is 11.1 Å². The predicted molar refractivity (Wildman–Crippen MR) is 105 cm³/mol. The van der Waals surface area contributed by atoms with Crippen LogP contribution in [-0.2, 0) is 4.79 Å². The summed E-state index contributed by atoms with van der Waals surface area (Å²) in [6.45, 7) is 1.86. The first-order valence-electron chi connectivity index (χ1n) is 9.35. The lowest BCUT2D eigenvalue weighted by Crippen LogP contribution is -2.27. The standard InChI is InChI=1S/C21H20N6O/c1-13-24-19-10-17(8-9-26(19)25-13)18-11-23-27(12-18)20(21(22)28)16-6-4-15(5-7-16)14-2-3-14/h4-12,14,20H,2-3H2,1H3,(H2,22,28). The molecule has 0 bridgehead atoms. The topological polar surface area (TPSA) is 91.1 Å². The summed E-state index contributed by atoms with van der Waals surface area (Å²) in [7, 11) is 0. The van der Waals surface area contributed by atoms with Crippen LogP contribution in [0.1, 0.15) is 41.8 Å². The van der Waals surface area contributed by atoms with Gasteiger partial charge in [0.05, 0.1) is 6.20 Å². The number of benzene rings is 1. The van der Waals surface area contributed by atoms with Crippen LogP contribution in [0.25, 0.3) is 16.8 Å². The third-order valence-electron chi connectivity index (χ3n) is 5.21. The van der Waals surface area contributed by atoms with E-state index in [0.717, 1.165) is 28.2 Å². The molecule has 1 saturated carbocycles. The van der Waals surface area contributed by atoms with Crippen molar-refractivity contribution in [1.29, 1.82) is 0 Å². The highest BCUT2D eigenvalue weighted by Crippen LogP contribution is 2.40. The Bertz CT molecular complexity index is 1170. The van der Waals surface area contributed by atoms with Crippen LogP contribution in [0.2, 0.25) is 0 Å².